The van der Waals surface area contributed by atoms with E-state index >= 15 is 0 Å². The summed E-state index contributed by atoms with van der Waals surface area (Å²) in [6.07, 6.45) is 3.37. The van der Waals surface area contributed by atoms with Gasteiger partial charge in [0.25, 0.3) is 0 Å². The summed E-state index contributed by atoms with van der Waals surface area (Å²) in [6, 6.07) is 10.5. The zero-order valence-corrected chi connectivity index (χ0v) is 14.8. The Balaban J connectivity index is 1.90. The summed E-state index contributed by atoms with van der Waals surface area (Å²) in [4.78, 5) is 7.23. The third-order valence-corrected chi connectivity index (χ3v) is 6.37. The normalized spacial score (nSPS) is 15.6. The largest absolute Gasteiger partial charge is 0.367 e. The highest BCUT2D eigenvalue weighted by atomic mass is 32.2. The zero-order chi connectivity index (χ0) is 17.4. The monoisotopic (exact) mass is 356 g/mol. The Morgan fingerprint density at radius 3 is 2.52 bits per heavy atom. The molecule has 4 rings (SSSR count). The molecule has 0 bridgehead atoms. The lowest BCUT2D eigenvalue weighted by molar-refractivity contribution is 0.589. The van der Waals surface area contributed by atoms with Crippen LogP contribution in [0.4, 0.5) is 5.69 Å². The first-order chi connectivity index (χ1) is 12.1. The van der Waals surface area contributed by atoms with Crippen molar-refractivity contribution in [3.63, 3.8) is 0 Å². The number of piperazine rings is 1. The predicted molar refractivity (Wildman–Crippen MR) is 97.7 cm³/mol. The van der Waals surface area contributed by atoms with Gasteiger partial charge in [0.05, 0.1) is 16.1 Å². The van der Waals surface area contributed by atoms with Gasteiger partial charge in [-0.25, -0.2) is 8.42 Å². The molecular weight excluding hydrogens is 336 g/mol. The zero-order valence-electron chi connectivity index (χ0n) is 14.0. The molecule has 1 aromatic carbocycles. The van der Waals surface area contributed by atoms with Gasteiger partial charge < -0.3 is 14.8 Å². The molecule has 0 amide bonds. The third kappa shape index (κ3) is 2.69. The van der Waals surface area contributed by atoms with E-state index in [1.165, 1.54) is 0 Å². The number of aromatic nitrogens is 2. The quantitative estimate of drug-likeness (QED) is 0.775. The molecule has 2 aromatic heterocycles. The van der Waals surface area contributed by atoms with E-state index in [2.05, 4.69) is 15.2 Å². The Kier molecular flexibility index (Phi) is 3.97. The molecule has 0 saturated carbocycles. The van der Waals surface area contributed by atoms with Crippen LogP contribution in [0.3, 0.4) is 0 Å². The van der Waals surface area contributed by atoms with Gasteiger partial charge in [0.1, 0.15) is 10.4 Å². The second-order valence-electron chi connectivity index (χ2n) is 6.19. The number of nitrogens with zero attached hydrogens (tertiary/aromatic N) is 3. The summed E-state index contributed by atoms with van der Waals surface area (Å²) in [6.45, 7) is 3.63. The van der Waals surface area contributed by atoms with Gasteiger partial charge in [-0.15, -0.1) is 0 Å². The molecule has 3 heterocycles. The Hall–Kier alpha value is -2.38. The molecule has 3 aromatic rings. The molecule has 0 spiro atoms. The van der Waals surface area contributed by atoms with E-state index < -0.39 is 9.84 Å². The topological polar surface area (TPSA) is 67.2 Å². The number of pyridine rings is 1. The summed E-state index contributed by atoms with van der Waals surface area (Å²) in [5.74, 6) is 0. The molecule has 130 valence electrons. The van der Waals surface area contributed by atoms with Crippen molar-refractivity contribution in [2.45, 2.75) is 9.79 Å². The number of sulfone groups is 1. The maximum atomic E-state index is 13.1. The highest BCUT2D eigenvalue weighted by Crippen LogP contribution is 2.33. The molecule has 6 nitrogen and oxygen atoms in total. The maximum Gasteiger partial charge on any atom is 0.210 e. The van der Waals surface area contributed by atoms with Gasteiger partial charge in [0, 0.05) is 45.6 Å². The minimum Gasteiger partial charge on any atom is -0.367 e. The molecule has 1 N–H and O–H groups in total. The van der Waals surface area contributed by atoms with E-state index in [0.717, 1.165) is 37.4 Å². The Bertz CT molecular complexity index is 1010. The number of anilines is 1. The standard InChI is InChI=1S/C18H20N4O2S/c1-21-13-16(25(23,24)14-5-3-2-4-6-14)17-18(21)15(7-8-20-17)22-11-9-19-10-12-22/h2-8,13,19H,9-12H2,1H3. The van der Waals surface area contributed by atoms with Gasteiger partial charge in [-0.05, 0) is 18.2 Å². The van der Waals surface area contributed by atoms with Crippen LogP contribution in [0.25, 0.3) is 11.0 Å². The van der Waals surface area contributed by atoms with Crippen molar-refractivity contribution in [2.24, 2.45) is 7.05 Å². The first-order valence-electron chi connectivity index (χ1n) is 8.29. The second-order valence-corrected chi connectivity index (χ2v) is 8.10. The lowest BCUT2D eigenvalue weighted by atomic mass is 10.2. The van der Waals surface area contributed by atoms with E-state index in [1.807, 2.05) is 23.7 Å². The highest BCUT2D eigenvalue weighted by molar-refractivity contribution is 7.91. The average molecular weight is 356 g/mol. The Labute approximate surface area is 147 Å². The summed E-state index contributed by atoms with van der Waals surface area (Å²) >= 11 is 0. The number of nitrogens with one attached hydrogen (secondary N) is 1. The van der Waals surface area contributed by atoms with Crippen molar-refractivity contribution in [1.82, 2.24) is 14.9 Å². The SMILES string of the molecule is Cn1cc(S(=O)(=O)c2ccccc2)c2nccc(N3CCNCC3)c21. The van der Waals surface area contributed by atoms with Gasteiger partial charge >= 0.3 is 0 Å². The molecule has 1 aliphatic rings. The van der Waals surface area contributed by atoms with E-state index in [0.29, 0.717) is 5.52 Å². The van der Waals surface area contributed by atoms with Gasteiger partial charge in [-0.3, -0.25) is 4.98 Å². The van der Waals surface area contributed by atoms with Gasteiger partial charge in [0.15, 0.2) is 0 Å². The minimum absolute atomic E-state index is 0.258. The van der Waals surface area contributed by atoms with E-state index in [1.54, 1.807) is 36.7 Å². The fraction of sp³-hybridized carbons (Fsp3) is 0.278. The van der Waals surface area contributed by atoms with Gasteiger partial charge in [-0.2, -0.15) is 0 Å². The molecule has 1 fully saturated rings. The molecule has 0 unspecified atom stereocenters. The van der Waals surface area contributed by atoms with Gasteiger partial charge in [-0.1, -0.05) is 18.2 Å². The minimum atomic E-state index is -3.61. The van der Waals surface area contributed by atoms with Crippen molar-refractivity contribution in [2.75, 3.05) is 31.1 Å². The summed E-state index contributed by atoms with van der Waals surface area (Å²) < 4.78 is 28.0. The fourth-order valence-corrected chi connectivity index (χ4v) is 4.83. The van der Waals surface area contributed by atoms with E-state index in [-0.39, 0.29) is 9.79 Å². The van der Waals surface area contributed by atoms with E-state index in [9.17, 15) is 8.42 Å². The molecular formula is C18H20N4O2S. The predicted octanol–water partition coefficient (Wildman–Crippen LogP) is 1.82. The smallest absolute Gasteiger partial charge is 0.210 e. The Morgan fingerprint density at radius 2 is 1.80 bits per heavy atom. The van der Waals surface area contributed by atoms with Crippen LogP contribution in [0.2, 0.25) is 0 Å². The lowest BCUT2D eigenvalue weighted by Crippen LogP contribution is -2.43. The van der Waals surface area contributed by atoms with Crippen LogP contribution in [0.5, 0.6) is 0 Å². The van der Waals surface area contributed by atoms with Crippen molar-refractivity contribution in [1.29, 1.82) is 0 Å². The van der Waals surface area contributed by atoms with Crippen LogP contribution >= 0.6 is 0 Å². The molecule has 1 saturated heterocycles. The molecule has 25 heavy (non-hydrogen) atoms. The van der Waals surface area contributed by atoms with Crippen molar-refractivity contribution in [3.05, 3.63) is 48.8 Å². The maximum absolute atomic E-state index is 13.1. The van der Waals surface area contributed by atoms with Crippen LogP contribution in [0.15, 0.2) is 58.6 Å². The van der Waals surface area contributed by atoms with Crippen molar-refractivity contribution in [3.8, 4) is 0 Å². The third-order valence-electron chi connectivity index (χ3n) is 4.60. The highest BCUT2D eigenvalue weighted by Gasteiger charge is 2.26. The van der Waals surface area contributed by atoms with Crippen LogP contribution < -0.4 is 10.2 Å². The van der Waals surface area contributed by atoms with Crippen LogP contribution in [0.1, 0.15) is 0 Å². The fourth-order valence-electron chi connectivity index (χ4n) is 3.36. The first-order valence-corrected chi connectivity index (χ1v) is 9.77. The van der Waals surface area contributed by atoms with Gasteiger partial charge in [0.2, 0.25) is 9.84 Å². The number of hydrogen-bond acceptors (Lipinski definition) is 5. The Morgan fingerprint density at radius 1 is 1.08 bits per heavy atom. The molecule has 7 heteroatoms. The number of benzene rings is 1. The number of hydrogen-bond donors (Lipinski definition) is 1. The molecule has 1 aliphatic heterocycles. The van der Waals surface area contributed by atoms with Crippen molar-refractivity contribution >= 4 is 26.6 Å². The lowest BCUT2D eigenvalue weighted by Gasteiger charge is -2.30. The van der Waals surface area contributed by atoms with Crippen molar-refractivity contribution < 1.29 is 8.42 Å². The molecule has 0 radical (unpaired) electrons. The number of aryl methyl sites for hydroxylation is 1. The summed E-state index contributed by atoms with van der Waals surface area (Å²) in [5.41, 5.74) is 2.42. The summed E-state index contributed by atoms with van der Waals surface area (Å²) in [5, 5.41) is 3.34. The molecule has 0 atom stereocenters. The second kappa shape index (κ2) is 6.16. The number of rotatable bonds is 3. The van der Waals surface area contributed by atoms with Crippen LogP contribution in [-0.2, 0) is 16.9 Å². The molecule has 0 aliphatic carbocycles. The van der Waals surface area contributed by atoms with Crippen LogP contribution in [-0.4, -0.2) is 44.1 Å². The average Bonchev–Trinajstić information content (AvgIpc) is 3.01. The van der Waals surface area contributed by atoms with E-state index in [4.69, 9.17) is 0 Å². The van der Waals surface area contributed by atoms with Crippen LogP contribution in [0, 0.1) is 0 Å². The number of fused-ring (bicyclic) bond motifs is 1. The summed E-state index contributed by atoms with van der Waals surface area (Å²) in [7, 11) is -1.73. The first kappa shape index (κ1) is 16.1.